The van der Waals surface area contributed by atoms with Gasteiger partial charge in [-0.1, -0.05) is 0 Å². The Kier molecular flexibility index (Phi) is 1.51. The summed E-state index contributed by atoms with van der Waals surface area (Å²) in [6.45, 7) is 0.862. The highest BCUT2D eigenvalue weighted by molar-refractivity contribution is 4.72. The van der Waals surface area contributed by atoms with E-state index in [9.17, 15) is 0 Å². The van der Waals surface area contributed by atoms with Crippen LogP contribution in [0.15, 0.2) is 0 Å². The molecule has 1 saturated heterocycles. The maximum atomic E-state index is 9.15. The van der Waals surface area contributed by atoms with Crippen molar-refractivity contribution in [1.82, 2.24) is 0 Å². The van der Waals surface area contributed by atoms with E-state index >= 15 is 0 Å². The summed E-state index contributed by atoms with van der Waals surface area (Å²) in [7, 11) is 0. The highest BCUT2D eigenvalue weighted by atomic mass is 16.6. The SMILES string of the molecule is NCC1(O)CCCO1. The molecule has 1 atom stereocenters. The standard InChI is InChI=1S/C5H11NO2/c6-4-5(7)2-1-3-8-5/h7H,1-4,6H2. The number of hydrogen-bond acceptors (Lipinski definition) is 3. The topological polar surface area (TPSA) is 55.5 Å². The van der Waals surface area contributed by atoms with Crippen LogP contribution in [0.2, 0.25) is 0 Å². The van der Waals surface area contributed by atoms with Crippen LogP contribution >= 0.6 is 0 Å². The molecule has 3 nitrogen and oxygen atoms in total. The summed E-state index contributed by atoms with van der Waals surface area (Å²) in [6, 6.07) is 0. The second-order valence-electron chi connectivity index (χ2n) is 2.10. The second-order valence-corrected chi connectivity index (χ2v) is 2.10. The van der Waals surface area contributed by atoms with E-state index in [1.54, 1.807) is 0 Å². The molecule has 1 aliphatic heterocycles. The van der Waals surface area contributed by atoms with Gasteiger partial charge < -0.3 is 15.6 Å². The van der Waals surface area contributed by atoms with Crippen molar-refractivity contribution in [2.24, 2.45) is 5.73 Å². The van der Waals surface area contributed by atoms with Crippen molar-refractivity contribution in [3.63, 3.8) is 0 Å². The van der Waals surface area contributed by atoms with Crippen LogP contribution in [0.3, 0.4) is 0 Å². The predicted molar refractivity (Wildman–Crippen MR) is 29.2 cm³/mol. The summed E-state index contributed by atoms with van der Waals surface area (Å²) in [5.74, 6) is -0.986. The molecular formula is C5H11NO2. The van der Waals surface area contributed by atoms with Gasteiger partial charge in [0, 0.05) is 13.0 Å². The first-order valence-electron chi connectivity index (χ1n) is 2.83. The van der Waals surface area contributed by atoms with E-state index in [4.69, 9.17) is 15.6 Å². The fourth-order valence-corrected chi connectivity index (χ4v) is 0.844. The Morgan fingerprint density at radius 2 is 2.50 bits per heavy atom. The summed E-state index contributed by atoms with van der Waals surface area (Å²) in [5.41, 5.74) is 5.19. The molecule has 0 aromatic rings. The molecule has 0 saturated carbocycles. The first kappa shape index (κ1) is 6.01. The van der Waals surface area contributed by atoms with Gasteiger partial charge in [0.05, 0.1) is 6.61 Å². The van der Waals surface area contributed by atoms with Crippen molar-refractivity contribution in [3.8, 4) is 0 Å². The monoisotopic (exact) mass is 117 g/mol. The third-order valence-electron chi connectivity index (χ3n) is 1.40. The zero-order valence-electron chi connectivity index (χ0n) is 4.76. The van der Waals surface area contributed by atoms with Crippen LogP contribution in [0.25, 0.3) is 0 Å². The van der Waals surface area contributed by atoms with E-state index < -0.39 is 5.79 Å². The number of aliphatic hydroxyl groups is 1. The average molecular weight is 117 g/mol. The first-order chi connectivity index (χ1) is 3.77. The molecule has 1 unspecified atom stereocenters. The zero-order valence-corrected chi connectivity index (χ0v) is 4.76. The van der Waals surface area contributed by atoms with Gasteiger partial charge in [0.15, 0.2) is 5.79 Å². The quantitative estimate of drug-likeness (QED) is 0.484. The van der Waals surface area contributed by atoms with Gasteiger partial charge in [-0.15, -0.1) is 0 Å². The Morgan fingerprint density at radius 1 is 1.75 bits per heavy atom. The molecule has 8 heavy (non-hydrogen) atoms. The fourth-order valence-electron chi connectivity index (χ4n) is 0.844. The molecule has 1 rings (SSSR count). The van der Waals surface area contributed by atoms with Crippen molar-refractivity contribution in [2.45, 2.75) is 18.6 Å². The Morgan fingerprint density at radius 3 is 2.75 bits per heavy atom. The van der Waals surface area contributed by atoms with Gasteiger partial charge in [-0.2, -0.15) is 0 Å². The number of nitrogens with two attached hydrogens (primary N) is 1. The largest absolute Gasteiger partial charge is 0.364 e. The van der Waals surface area contributed by atoms with E-state index in [2.05, 4.69) is 0 Å². The third kappa shape index (κ3) is 0.992. The van der Waals surface area contributed by atoms with E-state index in [0.29, 0.717) is 13.0 Å². The van der Waals surface area contributed by atoms with Crippen LogP contribution < -0.4 is 5.73 Å². The molecule has 0 aromatic carbocycles. The van der Waals surface area contributed by atoms with E-state index in [1.165, 1.54) is 0 Å². The summed E-state index contributed by atoms with van der Waals surface area (Å²) < 4.78 is 4.92. The Hall–Kier alpha value is -0.120. The Balaban J connectivity index is 2.40. The molecule has 0 aliphatic carbocycles. The molecule has 3 N–H and O–H groups in total. The van der Waals surface area contributed by atoms with E-state index in [1.807, 2.05) is 0 Å². The van der Waals surface area contributed by atoms with Crippen LogP contribution in [0.1, 0.15) is 12.8 Å². The Bertz CT molecular complexity index is 78.5. The summed E-state index contributed by atoms with van der Waals surface area (Å²) in [6.07, 6.45) is 1.61. The summed E-state index contributed by atoms with van der Waals surface area (Å²) in [4.78, 5) is 0. The molecule has 1 heterocycles. The van der Waals surface area contributed by atoms with Gasteiger partial charge in [-0.05, 0) is 6.42 Å². The predicted octanol–water partition coefficient (Wildman–Crippen LogP) is -0.556. The molecule has 1 fully saturated rings. The number of hydrogen-bond donors (Lipinski definition) is 2. The van der Waals surface area contributed by atoms with Gasteiger partial charge in [0.1, 0.15) is 0 Å². The maximum Gasteiger partial charge on any atom is 0.177 e. The minimum absolute atomic E-state index is 0.215. The highest BCUT2D eigenvalue weighted by Crippen LogP contribution is 2.20. The second kappa shape index (κ2) is 2.01. The molecule has 0 radical (unpaired) electrons. The number of ether oxygens (including phenoxy) is 1. The highest BCUT2D eigenvalue weighted by Gasteiger charge is 2.29. The van der Waals surface area contributed by atoms with Crippen molar-refractivity contribution in [1.29, 1.82) is 0 Å². The van der Waals surface area contributed by atoms with Gasteiger partial charge in [-0.25, -0.2) is 0 Å². The lowest BCUT2D eigenvalue weighted by Crippen LogP contribution is -2.36. The molecule has 3 heteroatoms. The molecule has 1 aliphatic rings. The van der Waals surface area contributed by atoms with Crippen LogP contribution in [0.5, 0.6) is 0 Å². The Labute approximate surface area is 48.4 Å². The van der Waals surface area contributed by atoms with Crippen LogP contribution in [0.4, 0.5) is 0 Å². The smallest absolute Gasteiger partial charge is 0.177 e. The van der Waals surface area contributed by atoms with Crippen molar-refractivity contribution >= 4 is 0 Å². The van der Waals surface area contributed by atoms with Gasteiger partial charge in [0.2, 0.25) is 0 Å². The van der Waals surface area contributed by atoms with Crippen molar-refractivity contribution in [2.75, 3.05) is 13.2 Å². The number of rotatable bonds is 1. The summed E-state index contributed by atoms with van der Waals surface area (Å²) >= 11 is 0. The van der Waals surface area contributed by atoms with Gasteiger partial charge >= 0.3 is 0 Å². The van der Waals surface area contributed by atoms with Crippen molar-refractivity contribution in [3.05, 3.63) is 0 Å². The van der Waals surface area contributed by atoms with Gasteiger partial charge in [0.25, 0.3) is 0 Å². The lowest BCUT2D eigenvalue weighted by Gasteiger charge is -2.17. The maximum absolute atomic E-state index is 9.15. The average Bonchev–Trinajstić information content (AvgIpc) is 2.17. The molecular weight excluding hydrogens is 106 g/mol. The van der Waals surface area contributed by atoms with Crippen molar-refractivity contribution < 1.29 is 9.84 Å². The third-order valence-corrected chi connectivity index (χ3v) is 1.40. The minimum atomic E-state index is -0.986. The van der Waals surface area contributed by atoms with Crippen LogP contribution in [0, 0.1) is 0 Å². The first-order valence-corrected chi connectivity index (χ1v) is 2.83. The molecule has 0 spiro atoms. The van der Waals surface area contributed by atoms with E-state index in [-0.39, 0.29) is 6.54 Å². The molecule has 0 aromatic heterocycles. The lowest BCUT2D eigenvalue weighted by molar-refractivity contribution is -0.161. The minimum Gasteiger partial charge on any atom is -0.364 e. The lowest BCUT2D eigenvalue weighted by atomic mass is 10.2. The van der Waals surface area contributed by atoms with Crippen LogP contribution in [-0.4, -0.2) is 24.0 Å². The zero-order chi connectivity index (χ0) is 6.04. The van der Waals surface area contributed by atoms with E-state index in [0.717, 1.165) is 6.42 Å². The molecule has 0 bridgehead atoms. The van der Waals surface area contributed by atoms with Crippen LogP contribution in [-0.2, 0) is 4.74 Å². The van der Waals surface area contributed by atoms with Gasteiger partial charge in [-0.3, -0.25) is 0 Å². The summed E-state index contributed by atoms with van der Waals surface area (Å²) in [5, 5.41) is 9.15. The normalized spacial score (nSPS) is 38.2. The fraction of sp³-hybridized carbons (Fsp3) is 1.00. The molecule has 48 valence electrons. The molecule has 0 amide bonds.